The summed E-state index contributed by atoms with van der Waals surface area (Å²) in [4.78, 5) is 2.47. The van der Waals surface area contributed by atoms with Crippen molar-refractivity contribution in [3.63, 3.8) is 0 Å². The molecule has 0 radical (unpaired) electrons. The van der Waals surface area contributed by atoms with Gasteiger partial charge < -0.3 is 18.6 Å². The summed E-state index contributed by atoms with van der Waals surface area (Å²) in [5.41, 5.74) is 1.14. The number of hydrogen-bond donors (Lipinski definition) is 1. The normalized spacial score (nSPS) is 15.3. The van der Waals surface area contributed by atoms with Gasteiger partial charge in [0.15, 0.2) is 11.5 Å². The van der Waals surface area contributed by atoms with E-state index in [0.29, 0.717) is 17.2 Å². The molecule has 1 aliphatic heterocycles. The Morgan fingerprint density at radius 2 is 1.75 bits per heavy atom. The van der Waals surface area contributed by atoms with Gasteiger partial charge in [-0.05, 0) is 50.0 Å². The van der Waals surface area contributed by atoms with Crippen molar-refractivity contribution in [2.24, 2.45) is 0 Å². The van der Waals surface area contributed by atoms with Crippen molar-refractivity contribution >= 4 is 12.3 Å². The molecule has 0 saturated carbocycles. The highest BCUT2D eigenvalue weighted by Crippen LogP contribution is 2.40. The van der Waals surface area contributed by atoms with E-state index in [9.17, 15) is 0 Å². The van der Waals surface area contributed by atoms with Crippen LogP contribution in [0.2, 0.25) is 0 Å². The van der Waals surface area contributed by atoms with Crippen LogP contribution in [-0.4, -0.2) is 43.3 Å². The molecular formula is C14H21NO4S. The van der Waals surface area contributed by atoms with Gasteiger partial charge in [0.05, 0.1) is 14.2 Å². The maximum atomic E-state index is 8.85. The summed E-state index contributed by atoms with van der Waals surface area (Å²) in [5, 5.41) is 0. The van der Waals surface area contributed by atoms with Gasteiger partial charge in [-0.3, -0.25) is 4.55 Å². The van der Waals surface area contributed by atoms with Crippen molar-refractivity contribution in [1.29, 1.82) is 0 Å². The molecule has 2 rings (SSSR count). The summed E-state index contributed by atoms with van der Waals surface area (Å²) >= 11 is 0.285. The number of methoxy groups -OCH3 is 2. The molecule has 1 aromatic carbocycles. The Morgan fingerprint density at radius 3 is 2.25 bits per heavy atom. The minimum atomic E-state index is 0.285. The molecule has 1 aromatic rings. The van der Waals surface area contributed by atoms with Crippen molar-refractivity contribution < 1.29 is 18.2 Å². The zero-order valence-electron chi connectivity index (χ0n) is 11.9. The second-order valence-corrected chi connectivity index (χ2v) is 5.10. The first-order valence-corrected chi connectivity index (χ1v) is 7.43. The first-order valence-electron chi connectivity index (χ1n) is 6.74. The van der Waals surface area contributed by atoms with E-state index in [1.54, 1.807) is 14.2 Å². The zero-order chi connectivity index (χ0) is 14.4. The number of likely N-dealkylation sites (tertiary alicyclic amines) is 1. The van der Waals surface area contributed by atoms with Gasteiger partial charge in [0.25, 0.3) is 0 Å². The first kappa shape index (κ1) is 15.3. The Labute approximate surface area is 124 Å². The molecule has 0 bridgehead atoms. The van der Waals surface area contributed by atoms with Crippen LogP contribution < -0.4 is 13.7 Å². The molecule has 0 spiro atoms. The van der Waals surface area contributed by atoms with Gasteiger partial charge in [0.2, 0.25) is 18.1 Å². The molecule has 5 nitrogen and oxygen atoms in total. The second kappa shape index (κ2) is 7.61. The van der Waals surface area contributed by atoms with Gasteiger partial charge in [-0.2, -0.15) is 0 Å². The number of rotatable bonds is 7. The monoisotopic (exact) mass is 299 g/mol. The van der Waals surface area contributed by atoms with Crippen LogP contribution in [0.5, 0.6) is 17.2 Å². The third kappa shape index (κ3) is 3.71. The molecule has 1 heterocycles. The van der Waals surface area contributed by atoms with Gasteiger partial charge in [-0.25, -0.2) is 0 Å². The quantitative estimate of drug-likeness (QED) is 0.781. The minimum absolute atomic E-state index is 0.285. The van der Waals surface area contributed by atoms with E-state index in [1.165, 1.54) is 25.9 Å². The fourth-order valence-corrected chi connectivity index (χ4v) is 2.73. The number of hydrogen-bond acceptors (Lipinski definition) is 6. The molecule has 0 amide bonds. The Kier molecular flexibility index (Phi) is 5.82. The van der Waals surface area contributed by atoms with Crippen molar-refractivity contribution in [2.75, 3.05) is 33.9 Å². The molecule has 0 aliphatic carbocycles. The van der Waals surface area contributed by atoms with Crippen LogP contribution in [0, 0.1) is 0 Å². The van der Waals surface area contributed by atoms with Crippen LogP contribution in [-0.2, 0) is 6.42 Å². The van der Waals surface area contributed by atoms with E-state index in [0.717, 1.165) is 18.5 Å². The summed E-state index contributed by atoms with van der Waals surface area (Å²) in [6.07, 6.45) is 3.54. The fourth-order valence-electron chi connectivity index (χ4n) is 2.49. The summed E-state index contributed by atoms with van der Waals surface area (Å²) in [6, 6.07) is 3.87. The lowest BCUT2D eigenvalue weighted by Crippen LogP contribution is -2.21. The first-order chi connectivity index (χ1) is 9.78. The highest BCUT2D eigenvalue weighted by atomic mass is 32.2. The Balaban J connectivity index is 2.11. The van der Waals surface area contributed by atoms with E-state index in [-0.39, 0.29) is 12.3 Å². The summed E-state index contributed by atoms with van der Waals surface area (Å²) in [7, 11) is 3.15. The van der Waals surface area contributed by atoms with Crippen molar-refractivity contribution in [3.8, 4) is 17.2 Å². The van der Waals surface area contributed by atoms with Gasteiger partial charge in [0, 0.05) is 6.54 Å². The Hall–Kier alpha value is -1.11. The molecule has 6 heteroatoms. The van der Waals surface area contributed by atoms with Crippen molar-refractivity contribution in [1.82, 2.24) is 4.90 Å². The number of ether oxygens (including phenoxy) is 2. The molecule has 0 unspecified atom stereocenters. The molecule has 1 saturated heterocycles. The van der Waals surface area contributed by atoms with Crippen molar-refractivity contribution in [2.45, 2.75) is 19.3 Å². The lowest BCUT2D eigenvalue weighted by molar-refractivity contribution is 0.341. The highest BCUT2D eigenvalue weighted by molar-refractivity contribution is 7.89. The Morgan fingerprint density at radius 1 is 1.15 bits per heavy atom. The van der Waals surface area contributed by atoms with Gasteiger partial charge in [0.1, 0.15) is 0 Å². The molecule has 1 aliphatic rings. The maximum Gasteiger partial charge on any atom is 0.223 e. The molecule has 0 aromatic heterocycles. The van der Waals surface area contributed by atoms with E-state index in [4.69, 9.17) is 18.2 Å². The number of nitrogens with zero attached hydrogens (tertiary/aromatic N) is 1. The predicted molar refractivity (Wildman–Crippen MR) is 79.8 cm³/mol. The molecular weight excluding hydrogens is 278 g/mol. The lowest BCUT2D eigenvalue weighted by atomic mass is 10.1. The van der Waals surface area contributed by atoms with Crippen LogP contribution in [0.1, 0.15) is 18.4 Å². The van der Waals surface area contributed by atoms with E-state index in [1.807, 2.05) is 12.1 Å². The summed E-state index contributed by atoms with van der Waals surface area (Å²) in [6.45, 7) is 3.43. The zero-order valence-corrected chi connectivity index (χ0v) is 12.7. The van der Waals surface area contributed by atoms with Crippen LogP contribution in [0.15, 0.2) is 12.1 Å². The third-order valence-electron chi connectivity index (χ3n) is 3.56. The highest BCUT2D eigenvalue weighted by Gasteiger charge is 2.16. The average molecular weight is 299 g/mol. The molecule has 0 atom stereocenters. The van der Waals surface area contributed by atoms with Crippen LogP contribution >= 0.6 is 12.3 Å². The molecule has 20 heavy (non-hydrogen) atoms. The lowest BCUT2D eigenvalue weighted by Gasteiger charge is -2.16. The summed E-state index contributed by atoms with van der Waals surface area (Å²) < 4.78 is 24.6. The van der Waals surface area contributed by atoms with Crippen LogP contribution in [0.25, 0.3) is 0 Å². The molecule has 112 valence electrons. The number of benzene rings is 1. The minimum Gasteiger partial charge on any atom is -0.493 e. The summed E-state index contributed by atoms with van der Waals surface area (Å²) in [5.74, 6) is 1.55. The standard InChI is InChI=1S/C14H21NO4S/c1-17-12-9-11(5-8-15-6-3-4-7-15)10-13(18-2)14(12)19-20-16/h9-10,16H,3-8H2,1-2H3. The second-order valence-electron chi connectivity index (χ2n) is 4.79. The smallest absolute Gasteiger partial charge is 0.223 e. The van der Waals surface area contributed by atoms with E-state index < -0.39 is 0 Å². The fraction of sp³-hybridized carbons (Fsp3) is 0.571. The van der Waals surface area contributed by atoms with Gasteiger partial charge in [-0.15, -0.1) is 0 Å². The molecule has 1 fully saturated rings. The SMILES string of the molecule is COc1cc(CCN2CCCC2)cc(OC)c1OSO. The van der Waals surface area contributed by atoms with Gasteiger partial charge in [-0.1, -0.05) is 0 Å². The van der Waals surface area contributed by atoms with E-state index >= 15 is 0 Å². The van der Waals surface area contributed by atoms with Gasteiger partial charge >= 0.3 is 0 Å². The predicted octanol–water partition coefficient (Wildman–Crippen LogP) is 2.84. The van der Waals surface area contributed by atoms with Crippen LogP contribution in [0.4, 0.5) is 0 Å². The van der Waals surface area contributed by atoms with Crippen LogP contribution in [0.3, 0.4) is 0 Å². The maximum absolute atomic E-state index is 8.85. The largest absolute Gasteiger partial charge is 0.493 e. The molecule has 1 N–H and O–H groups in total. The van der Waals surface area contributed by atoms with Crippen molar-refractivity contribution in [3.05, 3.63) is 17.7 Å². The average Bonchev–Trinajstić information content (AvgIpc) is 2.99. The third-order valence-corrected chi connectivity index (χ3v) is 3.80. The Bertz CT molecular complexity index is 410. The topological polar surface area (TPSA) is 51.2 Å². The van der Waals surface area contributed by atoms with E-state index in [2.05, 4.69) is 4.90 Å².